The van der Waals surface area contributed by atoms with E-state index < -0.39 is 0 Å². The molecule has 144 valence electrons. The van der Waals surface area contributed by atoms with Crippen molar-refractivity contribution in [2.75, 3.05) is 12.3 Å². The van der Waals surface area contributed by atoms with Crippen LogP contribution in [-0.2, 0) is 21.5 Å². The molecule has 0 aliphatic carbocycles. The number of thioether (sulfide) groups is 1. The minimum atomic E-state index is -0.0721. The van der Waals surface area contributed by atoms with Gasteiger partial charge in [-0.05, 0) is 17.9 Å². The van der Waals surface area contributed by atoms with Gasteiger partial charge < -0.3 is 4.57 Å². The lowest BCUT2D eigenvalue weighted by atomic mass is 9.87. The average Bonchev–Trinajstić information content (AvgIpc) is 3.18. The lowest BCUT2D eigenvalue weighted by Crippen LogP contribution is -2.31. The largest absolute Gasteiger partial charge is 0.302 e. The minimum Gasteiger partial charge on any atom is -0.302 e. The Morgan fingerprint density at radius 1 is 1.04 bits per heavy atom. The van der Waals surface area contributed by atoms with E-state index >= 15 is 0 Å². The Hall–Kier alpha value is -2.15. The lowest BCUT2D eigenvalue weighted by molar-refractivity contribution is -0.137. The third-order valence-corrected chi connectivity index (χ3v) is 5.69. The zero-order valence-electron chi connectivity index (χ0n) is 16.4. The van der Waals surface area contributed by atoms with Gasteiger partial charge in [-0.15, -0.1) is 10.2 Å². The molecule has 0 radical (unpaired) electrons. The quantitative estimate of drug-likeness (QED) is 0.561. The first-order valence-electron chi connectivity index (χ1n) is 9.31. The van der Waals surface area contributed by atoms with Gasteiger partial charge in [0.25, 0.3) is 0 Å². The number of rotatable bonds is 6. The van der Waals surface area contributed by atoms with Crippen LogP contribution < -0.4 is 0 Å². The molecule has 0 N–H and O–H groups in total. The SMILES string of the molecule is CCn1c(SCCN2C(=O)CCC2=O)nnc1-c1ccc(C(C)(C)C)cc1. The molecule has 6 nitrogen and oxygen atoms in total. The zero-order valence-corrected chi connectivity index (χ0v) is 17.2. The molecule has 1 aliphatic rings. The Bertz CT molecular complexity index is 821. The number of likely N-dealkylation sites (tertiary alicyclic amines) is 1. The van der Waals surface area contributed by atoms with Gasteiger partial charge in [0.15, 0.2) is 11.0 Å². The second kappa shape index (κ2) is 7.84. The highest BCUT2D eigenvalue weighted by Crippen LogP contribution is 2.28. The molecule has 1 saturated heterocycles. The summed E-state index contributed by atoms with van der Waals surface area (Å²) in [5.41, 5.74) is 2.43. The van der Waals surface area contributed by atoms with Crippen LogP contribution in [0.2, 0.25) is 0 Å². The topological polar surface area (TPSA) is 68.1 Å². The molecule has 2 heterocycles. The van der Waals surface area contributed by atoms with Crippen LogP contribution in [0, 0.1) is 0 Å². The molecule has 0 saturated carbocycles. The fourth-order valence-electron chi connectivity index (χ4n) is 3.11. The van der Waals surface area contributed by atoms with Gasteiger partial charge in [0, 0.05) is 37.2 Å². The van der Waals surface area contributed by atoms with E-state index in [2.05, 4.69) is 66.7 Å². The normalized spacial score (nSPS) is 15.0. The molecule has 0 bridgehead atoms. The molecule has 7 heteroatoms. The van der Waals surface area contributed by atoms with E-state index in [9.17, 15) is 9.59 Å². The number of hydrogen-bond donors (Lipinski definition) is 0. The molecule has 1 aromatic carbocycles. The van der Waals surface area contributed by atoms with Crippen LogP contribution >= 0.6 is 11.8 Å². The van der Waals surface area contributed by atoms with Gasteiger partial charge in [0.2, 0.25) is 11.8 Å². The highest BCUT2D eigenvalue weighted by atomic mass is 32.2. The molecule has 0 spiro atoms. The standard InChI is InChI=1S/C20H26N4O2S/c1-5-23-18(14-6-8-15(9-7-14)20(2,3)4)21-22-19(23)27-13-12-24-16(25)10-11-17(24)26/h6-9H,5,10-13H2,1-4H3. The van der Waals surface area contributed by atoms with Crippen LogP contribution in [0.1, 0.15) is 46.1 Å². The number of benzene rings is 1. The highest BCUT2D eigenvalue weighted by molar-refractivity contribution is 7.99. The Balaban J connectivity index is 1.71. The monoisotopic (exact) mass is 386 g/mol. The molecule has 0 unspecified atom stereocenters. The predicted octanol–water partition coefficient (Wildman–Crippen LogP) is 3.50. The Kier molecular flexibility index (Phi) is 5.69. The van der Waals surface area contributed by atoms with Crippen molar-refractivity contribution >= 4 is 23.6 Å². The molecule has 1 aromatic heterocycles. The first kappa shape index (κ1) is 19.6. The van der Waals surface area contributed by atoms with Gasteiger partial charge in [-0.1, -0.05) is 56.8 Å². The molecule has 0 atom stereocenters. The number of carbonyl (C=O) groups is 2. The highest BCUT2D eigenvalue weighted by Gasteiger charge is 2.28. The van der Waals surface area contributed by atoms with Gasteiger partial charge in [-0.2, -0.15) is 0 Å². The molecular formula is C20H26N4O2S. The van der Waals surface area contributed by atoms with Crippen molar-refractivity contribution in [3.8, 4) is 11.4 Å². The predicted molar refractivity (Wildman–Crippen MR) is 107 cm³/mol. The van der Waals surface area contributed by atoms with E-state index in [0.717, 1.165) is 23.1 Å². The maximum Gasteiger partial charge on any atom is 0.229 e. The Morgan fingerprint density at radius 3 is 2.22 bits per heavy atom. The van der Waals surface area contributed by atoms with E-state index in [1.807, 2.05) is 0 Å². The minimum absolute atomic E-state index is 0.0721. The molecule has 2 aromatic rings. The van der Waals surface area contributed by atoms with Crippen molar-refractivity contribution < 1.29 is 9.59 Å². The third-order valence-electron chi connectivity index (χ3n) is 4.74. The first-order chi connectivity index (χ1) is 12.8. The van der Waals surface area contributed by atoms with Crippen LogP contribution in [0.15, 0.2) is 29.4 Å². The van der Waals surface area contributed by atoms with Crippen molar-refractivity contribution in [2.45, 2.75) is 57.7 Å². The number of amides is 2. The summed E-state index contributed by atoms with van der Waals surface area (Å²) in [5.74, 6) is 1.32. The number of aromatic nitrogens is 3. The second-order valence-electron chi connectivity index (χ2n) is 7.67. The summed E-state index contributed by atoms with van der Waals surface area (Å²) in [5, 5.41) is 9.51. The van der Waals surface area contributed by atoms with Crippen LogP contribution in [0.25, 0.3) is 11.4 Å². The van der Waals surface area contributed by atoms with Crippen molar-refractivity contribution in [1.29, 1.82) is 0 Å². The second-order valence-corrected chi connectivity index (χ2v) is 8.73. The van der Waals surface area contributed by atoms with E-state index in [0.29, 0.717) is 25.1 Å². The zero-order chi connectivity index (χ0) is 19.6. The first-order valence-corrected chi connectivity index (χ1v) is 10.3. The molecule has 3 rings (SSSR count). The number of hydrogen-bond acceptors (Lipinski definition) is 5. The summed E-state index contributed by atoms with van der Waals surface area (Å²) in [6, 6.07) is 8.46. The maximum atomic E-state index is 11.7. The summed E-state index contributed by atoms with van der Waals surface area (Å²) >= 11 is 1.53. The van der Waals surface area contributed by atoms with Crippen molar-refractivity contribution in [1.82, 2.24) is 19.7 Å². The van der Waals surface area contributed by atoms with E-state index in [4.69, 9.17) is 0 Å². The van der Waals surface area contributed by atoms with E-state index in [-0.39, 0.29) is 17.2 Å². The van der Waals surface area contributed by atoms with Crippen LogP contribution in [0.3, 0.4) is 0 Å². The fraction of sp³-hybridized carbons (Fsp3) is 0.500. The summed E-state index contributed by atoms with van der Waals surface area (Å²) in [7, 11) is 0. The van der Waals surface area contributed by atoms with Gasteiger partial charge in [-0.25, -0.2) is 0 Å². The smallest absolute Gasteiger partial charge is 0.229 e. The summed E-state index contributed by atoms with van der Waals surface area (Å²) in [6.45, 7) is 9.83. The van der Waals surface area contributed by atoms with E-state index in [1.54, 1.807) is 0 Å². The van der Waals surface area contributed by atoms with Crippen LogP contribution in [0.5, 0.6) is 0 Å². The average molecular weight is 387 g/mol. The molecule has 1 aliphatic heterocycles. The van der Waals surface area contributed by atoms with Crippen molar-refractivity contribution in [2.24, 2.45) is 0 Å². The number of nitrogens with zero attached hydrogens (tertiary/aromatic N) is 4. The van der Waals surface area contributed by atoms with Crippen LogP contribution in [-0.4, -0.2) is 43.8 Å². The third kappa shape index (κ3) is 4.24. The molecule has 1 fully saturated rings. The maximum absolute atomic E-state index is 11.7. The summed E-state index contributed by atoms with van der Waals surface area (Å²) < 4.78 is 2.07. The summed E-state index contributed by atoms with van der Waals surface area (Å²) in [4.78, 5) is 24.8. The molecule has 2 amide bonds. The summed E-state index contributed by atoms with van der Waals surface area (Å²) in [6.07, 6.45) is 0.673. The number of carbonyl (C=O) groups excluding carboxylic acids is 2. The number of imide groups is 1. The molecule has 27 heavy (non-hydrogen) atoms. The van der Waals surface area contributed by atoms with E-state index in [1.165, 1.54) is 22.2 Å². The van der Waals surface area contributed by atoms with Gasteiger partial charge >= 0.3 is 0 Å². The van der Waals surface area contributed by atoms with Crippen molar-refractivity contribution in [3.05, 3.63) is 29.8 Å². The fourth-order valence-corrected chi connectivity index (χ4v) is 4.04. The lowest BCUT2D eigenvalue weighted by Gasteiger charge is -2.19. The van der Waals surface area contributed by atoms with Gasteiger partial charge in [-0.3, -0.25) is 14.5 Å². The van der Waals surface area contributed by atoms with Gasteiger partial charge in [0.05, 0.1) is 0 Å². The Labute approximate surface area is 164 Å². The molecular weight excluding hydrogens is 360 g/mol. The van der Waals surface area contributed by atoms with Crippen LogP contribution in [0.4, 0.5) is 0 Å². The van der Waals surface area contributed by atoms with Crippen molar-refractivity contribution in [3.63, 3.8) is 0 Å². The Morgan fingerprint density at radius 2 is 1.67 bits per heavy atom. The van der Waals surface area contributed by atoms with Gasteiger partial charge in [0.1, 0.15) is 0 Å².